The van der Waals surface area contributed by atoms with Crippen molar-refractivity contribution in [1.82, 2.24) is 14.5 Å². The molecule has 4 heteroatoms. The highest BCUT2D eigenvalue weighted by molar-refractivity contribution is 5.97. The van der Waals surface area contributed by atoms with E-state index in [-0.39, 0.29) is 22.1 Å². The van der Waals surface area contributed by atoms with Crippen LogP contribution in [0, 0.1) is 13.8 Å². The summed E-state index contributed by atoms with van der Waals surface area (Å²) in [6.45, 7) is 22.7. The van der Waals surface area contributed by atoms with E-state index in [9.17, 15) is 9.22 Å². The second-order valence-electron chi connectivity index (χ2n) is 22.0. The van der Waals surface area contributed by atoms with Gasteiger partial charge in [-0.15, -0.1) is 0 Å². The van der Waals surface area contributed by atoms with Crippen molar-refractivity contribution in [2.24, 2.45) is 0 Å². The van der Waals surface area contributed by atoms with Crippen molar-refractivity contribution < 1.29 is 10.6 Å². The number of phenolic OH excluding ortho intramolecular Hbond substituents is 1. The number of nitrogens with zero attached hydrogens (tertiary/aromatic N) is 3. The van der Waals surface area contributed by atoms with Gasteiger partial charge in [-0.25, -0.2) is 4.98 Å². The Morgan fingerprint density at radius 3 is 1.93 bits per heavy atom. The minimum absolute atomic E-state index is 0.107. The predicted molar refractivity (Wildman–Crippen MR) is 293 cm³/mol. The molecule has 9 rings (SSSR count). The van der Waals surface area contributed by atoms with Crippen LogP contribution < -0.4 is 0 Å². The van der Waals surface area contributed by atoms with Gasteiger partial charge in [0.15, 0.2) is 0 Å². The zero-order valence-electron chi connectivity index (χ0n) is 46.3. The van der Waals surface area contributed by atoms with Crippen LogP contribution in [0.1, 0.15) is 121 Å². The van der Waals surface area contributed by atoms with E-state index in [1.54, 1.807) is 0 Å². The van der Waals surface area contributed by atoms with Crippen LogP contribution in [0.25, 0.3) is 83.9 Å². The average Bonchev–Trinajstić information content (AvgIpc) is 3.72. The summed E-state index contributed by atoms with van der Waals surface area (Å²) in [5.74, 6) is -0.153. The second-order valence-corrected chi connectivity index (χ2v) is 22.0. The van der Waals surface area contributed by atoms with Gasteiger partial charge in [-0.05, 0) is 151 Å². The van der Waals surface area contributed by atoms with Crippen LogP contribution in [0.3, 0.4) is 0 Å². The highest BCUT2D eigenvalue weighted by Gasteiger charge is 2.28. The zero-order chi connectivity index (χ0) is 52.6. The SMILES string of the molecule is [2H]C([2H])([2H])c1cc(-c2c(-c3ccccc3)cccc2C(C)(C)C)ccc1-n1c(-c2cc(C)cc(C(C)(C)C)c2O)nc2c(-c3cc(-c4cc(-c5ccc(C([2H])(C)C)cc5)ccn4)cc(C(C)(C)C)c3)cccc21. The zero-order valence-corrected chi connectivity index (χ0v) is 42.3. The van der Waals surface area contributed by atoms with E-state index in [1.807, 2.05) is 110 Å². The molecule has 0 fully saturated rings. The number of pyridine rings is 1. The monoisotopic (exact) mass is 910 g/mol. The first-order chi connectivity index (χ1) is 34.2. The van der Waals surface area contributed by atoms with Crippen LogP contribution in [0.5, 0.6) is 5.75 Å². The van der Waals surface area contributed by atoms with Crippen molar-refractivity contribution in [3.05, 3.63) is 191 Å². The Morgan fingerprint density at radius 1 is 0.565 bits per heavy atom. The molecule has 0 bridgehead atoms. The summed E-state index contributed by atoms with van der Waals surface area (Å²) in [5.41, 5.74) is 16.0. The Balaban J connectivity index is 1.31. The van der Waals surface area contributed by atoms with Gasteiger partial charge in [-0.2, -0.15) is 0 Å². The number of imidazole rings is 1. The third-order valence-electron chi connectivity index (χ3n) is 13.4. The molecule has 9 aromatic rings. The van der Waals surface area contributed by atoms with Gasteiger partial charge in [-0.1, -0.05) is 179 Å². The molecule has 0 unspecified atom stereocenters. The van der Waals surface area contributed by atoms with Crippen LogP contribution >= 0.6 is 0 Å². The fourth-order valence-corrected chi connectivity index (χ4v) is 9.64. The van der Waals surface area contributed by atoms with Gasteiger partial charge in [0.25, 0.3) is 0 Å². The lowest BCUT2D eigenvalue weighted by Gasteiger charge is -2.26. The Bertz CT molecular complexity index is 3540. The molecule has 0 atom stereocenters. The first-order valence-corrected chi connectivity index (χ1v) is 24.1. The Hall–Kier alpha value is -7.04. The van der Waals surface area contributed by atoms with Crippen LogP contribution in [0.15, 0.2) is 158 Å². The molecule has 0 saturated heterocycles. The Morgan fingerprint density at radius 2 is 1.25 bits per heavy atom. The topological polar surface area (TPSA) is 50.9 Å². The molecule has 2 heterocycles. The second kappa shape index (κ2) is 17.8. The quantitative estimate of drug-likeness (QED) is 0.165. The van der Waals surface area contributed by atoms with Crippen molar-refractivity contribution in [1.29, 1.82) is 0 Å². The molecule has 0 saturated carbocycles. The molecular weight excluding hydrogens is 839 g/mol. The molecule has 2 aromatic heterocycles. The maximum atomic E-state index is 12.4. The summed E-state index contributed by atoms with van der Waals surface area (Å²) < 4.78 is 38.2. The minimum Gasteiger partial charge on any atom is -0.507 e. The van der Waals surface area contributed by atoms with E-state index in [1.165, 1.54) is 0 Å². The van der Waals surface area contributed by atoms with Crippen molar-refractivity contribution in [2.45, 2.75) is 112 Å². The summed E-state index contributed by atoms with van der Waals surface area (Å²) in [6.07, 6.45) is 1.85. The number of hydrogen-bond acceptors (Lipinski definition) is 3. The maximum absolute atomic E-state index is 12.4. The number of fused-ring (bicyclic) bond motifs is 1. The number of benzene rings is 7. The first-order valence-electron chi connectivity index (χ1n) is 26.1. The number of aromatic hydroxyl groups is 1. The number of para-hydroxylation sites is 1. The molecule has 69 heavy (non-hydrogen) atoms. The molecule has 0 aliphatic rings. The normalized spacial score (nSPS) is 13.5. The molecule has 0 aliphatic heterocycles. The van der Waals surface area contributed by atoms with Gasteiger partial charge in [0, 0.05) is 28.4 Å². The Kier molecular flexibility index (Phi) is 10.9. The average molecular weight is 910 g/mol. The minimum atomic E-state index is -2.55. The van der Waals surface area contributed by atoms with Crippen molar-refractivity contribution in [3.8, 4) is 78.6 Å². The van der Waals surface area contributed by atoms with Gasteiger partial charge in [0.05, 0.1) is 28.0 Å². The number of aromatic nitrogens is 3. The number of phenols is 1. The van der Waals surface area contributed by atoms with Crippen LogP contribution in [-0.4, -0.2) is 19.6 Å². The summed E-state index contributed by atoms with van der Waals surface area (Å²) in [6, 6.07) is 51.4. The van der Waals surface area contributed by atoms with Gasteiger partial charge in [-0.3, -0.25) is 9.55 Å². The van der Waals surface area contributed by atoms with Crippen LogP contribution in [0.4, 0.5) is 0 Å². The van der Waals surface area contributed by atoms with E-state index in [2.05, 4.69) is 135 Å². The molecule has 0 amide bonds. The summed E-state index contributed by atoms with van der Waals surface area (Å²) in [7, 11) is 0. The lowest BCUT2D eigenvalue weighted by atomic mass is 9.78. The highest BCUT2D eigenvalue weighted by Crippen LogP contribution is 2.46. The molecule has 4 nitrogen and oxygen atoms in total. The molecule has 1 N–H and O–H groups in total. The van der Waals surface area contributed by atoms with E-state index < -0.39 is 18.2 Å². The highest BCUT2D eigenvalue weighted by atomic mass is 16.3. The molecule has 0 spiro atoms. The summed E-state index contributed by atoms with van der Waals surface area (Å²) >= 11 is 0. The van der Waals surface area contributed by atoms with Crippen molar-refractivity contribution in [2.75, 3.05) is 0 Å². The van der Waals surface area contributed by atoms with E-state index in [4.69, 9.17) is 11.3 Å². The largest absolute Gasteiger partial charge is 0.507 e. The fourth-order valence-electron chi connectivity index (χ4n) is 9.64. The first kappa shape index (κ1) is 42.1. The van der Waals surface area contributed by atoms with Gasteiger partial charge in [0.1, 0.15) is 11.6 Å². The van der Waals surface area contributed by atoms with Crippen molar-refractivity contribution >= 4 is 11.0 Å². The number of hydrogen-bond donors (Lipinski definition) is 1. The van der Waals surface area contributed by atoms with Gasteiger partial charge < -0.3 is 5.11 Å². The molecule has 0 aliphatic carbocycles. The predicted octanol–water partition coefficient (Wildman–Crippen LogP) is 17.8. The standard InChI is InChI=1S/C65H67N3O/c1-40(2)43-25-27-44(28-26-43)46-31-32-66-56(39-46)49-36-48(37-50(38-49)63(5,6)7)52-22-18-24-58-60(52)67-62(53-33-41(3)34-55(61(53)69)65(11,12)13)68(58)57-30-29-47(35-42(57)4)59-51(45-19-15-14-16-20-45)21-17-23-54(59)64(8,9)10/h14-40,69H,1-13H3/i4D3,40D. The molecule has 7 aromatic carbocycles. The summed E-state index contributed by atoms with van der Waals surface area (Å²) in [5, 5.41) is 12.4. The molecule has 348 valence electrons. The van der Waals surface area contributed by atoms with Gasteiger partial charge in [0.2, 0.25) is 0 Å². The van der Waals surface area contributed by atoms with E-state index >= 15 is 0 Å². The third kappa shape index (κ3) is 9.18. The number of rotatable bonds is 8. The molecular formula is C65H67N3O. The smallest absolute Gasteiger partial charge is 0.149 e. The lowest BCUT2D eigenvalue weighted by molar-refractivity contribution is 0.448. The molecule has 0 radical (unpaired) electrons. The Labute approximate surface area is 416 Å². The maximum Gasteiger partial charge on any atom is 0.149 e. The van der Waals surface area contributed by atoms with E-state index in [0.29, 0.717) is 28.1 Å². The van der Waals surface area contributed by atoms with Gasteiger partial charge >= 0.3 is 0 Å². The van der Waals surface area contributed by atoms with Crippen molar-refractivity contribution in [3.63, 3.8) is 0 Å². The van der Waals surface area contributed by atoms with Crippen LogP contribution in [-0.2, 0) is 16.2 Å². The summed E-state index contributed by atoms with van der Waals surface area (Å²) in [4.78, 5) is 10.5. The lowest BCUT2D eigenvalue weighted by Crippen LogP contribution is -2.13. The van der Waals surface area contributed by atoms with Crippen LogP contribution in [0.2, 0.25) is 0 Å². The van der Waals surface area contributed by atoms with E-state index in [0.717, 1.165) is 83.6 Å². The number of aryl methyl sites for hydroxylation is 2. The fraction of sp³-hybridized carbons (Fsp3) is 0.262. The third-order valence-corrected chi connectivity index (χ3v) is 13.4.